The van der Waals surface area contributed by atoms with Gasteiger partial charge in [0.2, 0.25) is 0 Å². The molecular formula is C21H30N5NiO15Yb+2. The van der Waals surface area contributed by atoms with Gasteiger partial charge in [-0.3, -0.25) is 9.98 Å². The number of aliphatic imine (C=N–C) groups is 2. The molecule has 2 aromatic rings. The van der Waals surface area contributed by atoms with Gasteiger partial charge in [0.25, 0.3) is 0 Å². The van der Waals surface area contributed by atoms with E-state index in [2.05, 4.69) is 9.98 Å². The van der Waals surface area contributed by atoms with Gasteiger partial charge >= 0.3 is 63.4 Å². The quantitative estimate of drug-likeness (QED) is 0.110. The Labute approximate surface area is 292 Å². The van der Waals surface area contributed by atoms with Crippen molar-refractivity contribution in [3.8, 4) is 23.0 Å². The van der Waals surface area contributed by atoms with Crippen molar-refractivity contribution in [1.82, 2.24) is 0 Å². The first-order valence-electron chi connectivity index (χ1n) is 10.2. The van der Waals surface area contributed by atoms with Gasteiger partial charge in [-0.15, -0.1) is 0 Å². The summed E-state index contributed by atoms with van der Waals surface area (Å²) in [4.78, 5) is 33.5. The molecule has 0 aliphatic heterocycles. The summed E-state index contributed by atoms with van der Waals surface area (Å²) in [7, 11) is 2.93. The number of hydrogen-bond donors (Lipinski definition) is 0. The standard InChI is InChI=1S/C21H26N2O4.3NO3.Ni.2H2O.Yb/c1-21(2,13-22-11-15-7-5-9-17(26-3)19(15)24)14-23-12-16-8-6-10-18(27-4)20(16)25;3*2-1(3)4;;;;/h5-12,24-25H,13-14H2,1-4H3;;;;;2*1H2;/q;3*-1;+3;;;+2. The van der Waals surface area contributed by atoms with Gasteiger partial charge in [-0.1, -0.05) is 49.6 Å². The molecule has 0 aliphatic carbocycles. The molecule has 0 saturated carbocycles. The summed E-state index contributed by atoms with van der Waals surface area (Å²) in [5.74, 6) is 0.241. The summed E-state index contributed by atoms with van der Waals surface area (Å²) in [5, 5.41) is 68.4. The average Bonchev–Trinajstić information content (AvgIpc) is 2.80. The van der Waals surface area contributed by atoms with Crippen LogP contribution < -0.4 is 19.7 Å². The number of methoxy groups -OCH3 is 2. The van der Waals surface area contributed by atoms with Crippen LogP contribution in [0.15, 0.2) is 46.4 Å². The Morgan fingerprint density at radius 1 is 0.698 bits per heavy atom. The monoisotopic (exact) mass is 824 g/mol. The fraction of sp³-hybridized carbons (Fsp3) is 0.333. The van der Waals surface area contributed by atoms with E-state index in [1.165, 1.54) is 14.2 Å². The van der Waals surface area contributed by atoms with Crippen LogP contribution in [0.2, 0.25) is 0 Å². The molecule has 0 bridgehead atoms. The third-order valence-electron chi connectivity index (χ3n) is 3.96. The molecule has 0 amide bonds. The third-order valence-corrected chi connectivity index (χ3v) is 3.96. The van der Waals surface area contributed by atoms with Gasteiger partial charge in [-0.05, 0) is 23.3 Å². The van der Waals surface area contributed by atoms with E-state index in [0.717, 1.165) is 0 Å². The van der Waals surface area contributed by atoms with Crippen molar-refractivity contribution < 1.29 is 109 Å². The molecule has 0 aliphatic rings. The van der Waals surface area contributed by atoms with Crippen molar-refractivity contribution in [1.29, 1.82) is 0 Å². The average molecular weight is 824 g/mol. The second-order valence-corrected chi connectivity index (χ2v) is 7.53. The topological polar surface area (TPSA) is 354 Å². The van der Waals surface area contributed by atoms with E-state index in [0.29, 0.717) is 35.7 Å². The molecule has 22 heteroatoms. The second kappa shape index (κ2) is 28.6. The zero-order valence-electron chi connectivity index (χ0n) is 22.8. The summed E-state index contributed by atoms with van der Waals surface area (Å²) < 4.78 is 10.1. The molecule has 0 fully saturated rings. The van der Waals surface area contributed by atoms with Crippen LogP contribution >= 0.6 is 0 Å². The first-order valence-corrected chi connectivity index (χ1v) is 10.2. The molecule has 20 nitrogen and oxygen atoms in total. The number of benzene rings is 2. The molecular weight excluding hydrogens is 794 g/mol. The minimum absolute atomic E-state index is 0. The van der Waals surface area contributed by atoms with E-state index in [9.17, 15) is 10.2 Å². The molecule has 0 heterocycles. The Bertz CT molecular complexity index is 1030. The maximum absolute atomic E-state index is 12.1. The maximum atomic E-state index is 12.1. The van der Waals surface area contributed by atoms with Crippen molar-refractivity contribution in [3.05, 3.63) is 93.5 Å². The SMILES string of the molecule is COc1cccc(C=NCC(C)(C)CN=Cc2cccc(OC)c2[O-])c1[O-].O=[N+]([O-])[O-].O=[N+]([O-])[O-].O=[N+]([O-])[O-].[Ni+3].[OH3+].[OH3+].[Yb+2]. The molecule has 0 spiro atoms. The summed E-state index contributed by atoms with van der Waals surface area (Å²) in [5.41, 5.74) is 0.749. The number of nitrogens with zero attached hydrogens (tertiary/aromatic N) is 5. The van der Waals surface area contributed by atoms with E-state index < -0.39 is 15.3 Å². The Balaban J connectivity index is -0.000000183. The van der Waals surface area contributed by atoms with Gasteiger partial charge in [0.1, 0.15) is 11.5 Å². The van der Waals surface area contributed by atoms with Crippen LogP contribution in [0.25, 0.3) is 0 Å². The zero-order chi connectivity index (χ0) is 30.6. The largest absolute Gasteiger partial charge is 3.00 e. The summed E-state index contributed by atoms with van der Waals surface area (Å²) in [6.07, 6.45) is 3.13. The molecule has 6 N–H and O–H groups in total. The molecule has 251 valence electrons. The first-order chi connectivity index (χ1) is 18.1. The fourth-order valence-corrected chi connectivity index (χ4v) is 2.42. The van der Waals surface area contributed by atoms with E-state index in [1.807, 2.05) is 13.8 Å². The van der Waals surface area contributed by atoms with Gasteiger partial charge in [0, 0.05) is 30.9 Å². The predicted octanol–water partition coefficient (Wildman–Crippen LogP) is -0.148. The Kier molecular flexibility index (Phi) is 34.7. The maximum Gasteiger partial charge on any atom is 3.00 e. The smallest absolute Gasteiger partial charge is 0.870 e. The van der Waals surface area contributed by atoms with Gasteiger partial charge in [-0.25, -0.2) is 0 Å². The molecule has 0 aromatic heterocycles. The van der Waals surface area contributed by atoms with Crippen LogP contribution in [0.4, 0.5) is 0 Å². The van der Waals surface area contributed by atoms with Crippen LogP contribution in [0.1, 0.15) is 25.0 Å². The summed E-state index contributed by atoms with van der Waals surface area (Å²) in [6.45, 7) is 5.02. The molecule has 43 heavy (non-hydrogen) atoms. The zero-order valence-corrected chi connectivity index (χ0v) is 25.5. The van der Waals surface area contributed by atoms with E-state index in [4.69, 9.17) is 55.4 Å². The molecule has 2 aromatic carbocycles. The van der Waals surface area contributed by atoms with Crippen molar-refractivity contribution in [2.75, 3.05) is 27.3 Å². The summed E-state index contributed by atoms with van der Waals surface area (Å²) in [6, 6.07) is 10.2. The predicted molar refractivity (Wildman–Crippen MR) is 144 cm³/mol. The van der Waals surface area contributed by atoms with Gasteiger partial charge in [0.05, 0.1) is 29.5 Å². The van der Waals surface area contributed by atoms with Crippen LogP contribution in [0, 0.1) is 98.3 Å². The number of para-hydroxylation sites is 2. The van der Waals surface area contributed by atoms with Crippen molar-refractivity contribution in [3.63, 3.8) is 0 Å². The normalized spacial score (nSPS) is 9.21. The Morgan fingerprint density at radius 2 is 0.953 bits per heavy atom. The minimum Gasteiger partial charge on any atom is -0.870 e. The Morgan fingerprint density at radius 3 is 1.19 bits per heavy atom. The Hall–Kier alpha value is -3.49. The van der Waals surface area contributed by atoms with Crippen LogP contribution in [0.5, 0.6) is 23.0 Å². The minimum atomic E-state index is -1.75. The van der Waals surface area contributed by atoms with E-state index in [-0.39, 0.29) is 91.3 Å². The van der Waals surface area contributed by atoms with Gasteiger partial charge in [0.15, 0.2) is 0 Å². The van der Waals surface area contributed by atoms with Crippen molar-refractivity contribution in [2.24, 2.45) is 15.4 Å². The van der Waals surface area contributed by atoms with Crippen molar-refractivity contribution in [2.45, 2.75) is 13.8 Å². The fourth-order valence-electron chi connectivity index (χ4n) is 2.42. The van der Waals surface area contributed by atoms with Crippen LogP contribution in [0.3, 0.4) is 0 Å². The molecule has 2 rings (SSSR count). The van der Waals surface area contributed by atoms with Crippen LogP contribution in [-0.4, -0.2) is 55.0 Å². The molecule has 1 radical (unpaired) electrons. The second-order valence-electron chi connectivity index (χ2n) is 7.53. The van der Waals surface area contributed by atoms with E-state index >= 15 is 0 Å². The third kappa shape index (κ3) is 28.4. The summed E-state index contributed by atoms with van der Waals surface area (Å²) >= 11 is 0. The first kappa shape index (κ1) is 52.2. The van der Waals surface area contributed by atoms with Crippen molar-refractivity contribution >= 4 is 12.4 Å². The van der Waals surface area contributed by atoms with Gasteiger partial charge in [-0.2, -0.15) is 0 Å². The molecule has 0 atom stereocenters. The molecule has 0 unspecified atom stereocenters. The number of ether oxygens (including phenoxy) is 2. The van der Waals surface area contributed by atoms with E-state index in [1.54, 1.807) is 48.8 Å². The molecule has 0 saturated heterocycles. The number of hydrogen-bond acceptors (Lipinski definition) is 15. The van der Waals surface area contributed by atoms with Crippen LogP contribution in [-0.2, 0) is 27.4 Å². The van der Waals surface area contributed by atoms with Gasteiger partial charge < -0.3 is 76.6 Å². The number of rotatable bonds is 8.